The van der Waals surface area contributed by atoms with Crippen LogP contribution in [0.25, 0.3) is 11.3 Å². The maximum Gasteiger partial charge on any atom is 0.339 e. The van der Waals surface area contributed by atoms with Crippen LogP contribution in [0.2, 0.25) is 0 Å². The van der Waals surface area contributed by atoms with Crippen molar-refractivity contribution in [1.82, 2.24) is 4.57 Å². The molecule has 172 valence electrons. The molecule has 3 aromatic rings. The summed E-state index contributed by atoms with van der Waals surface area (Å²) in [5, 5.41) is 2.83. The van der Waals surface area contributed by atoms with Crippen LogP contribution in [0.1, 0.15) is 46.7 Å². The van der Waals surface area contributed by atoms with Gasteiger partial charge in [-0.3, -0.25) is 4.79 Å². The van der Waals surface area contributed by atoms with Crippen LogP contribution in [0.15, 0.2) is 60.7 Å². The summed E-state index contributed by atoms with van der Waals surface area (Å²) in [6.07, 6.45) is 0.182. The summed E-state index contributed by atoms with van der Waals surface area (Å²) >= 11 is 0. The fourth-order valence-electron chi connectivity index (χ4n) is 3.57. The van der Waals surface area contributed by atoms with Crippen molar-refractivity contribution in [1.29, 1.82) is 0 Å². The van der Waals surface area contributed by atoms with Crippen LogP contribution >= 0.6 is 0 Å². The quantitative estimate of drug-likeness (QED) is 0.473. The lowest BCUT2D eigenvalue weighted by Crippen LogP contribution is -2.16. The highest BCUT2D eigenvalue weighted by atomic mass is 16.5. The molecule has 0 saturated heterocycles. The molecule has 0 aliphatic carbocycles. The fourth-order valence-corrected chi connectivity index (χ4v) is 3.57. The number of rotatable bonds is 9. The van der Waals surface area contributed by atoms with Gasteiger partial charge in [0, 0.05) is 30.0 Å². The van der Waals surface area contributed by atoms with Gasteiger partial charge < -0.3 is 19.4 Å². The minimum atomic E-state index is -0.435. The first kappa shape index (κ1) is 23.8. The second-order valence-corrected chi connectivity index (χ2v) is 7.37. The first-order valence-corrected chi connectivity index (χ1v) is 10.9. The van der Waals surface area contributed by atoms with E-state index < -0.39 is 5.97 Å². The summed E-state index contributed by atoms with van der Waals surface area (Å²) < 4.78 is 12.2. The Labute approximate surface area is 193 Å². The standard InChI is InChI=1S/C26H28N2O5/c1-4-32-25(30)20-12-9-13-21(16-20)27-24(29)14-15-28-18(3)22(26(31)33-5-2)17-23(28)19-10-7-6-8-11-19/h6-13,16-17H,4-5,14-15H2,1-3H3,(H,27,29). The van der Waals surface area contributed by atoms with Crippen LogP contribution in [0, 0.1) is 6.92 Å². The van der Waals surface area contributed by atoms with E-state index in [2.05, 4.69) is 5.32 Å². The second-order valence-electron chi connectivity index (χ2n) is 7.37. The number of nitrogens with one attached hydrogen (secondary N) is 1. The van der Waals surface area contributed by atoms with Gasteiger partial charge in [0.1, 0.15) is 0 Å². The summed E-state index contributed by atoms with van der Waals surface area (Å²) in [5.74, 6) is -1.03. The molecule has 3 rings (SSSR count). The molecule has 33 heavy (non-hydrogen) atoms. The highest BCUT2D eigenvalue weighted by Crippen LogP contribution is 2.27. The molecule has 1 heterocycles. The van der Waals surface area contributed by atoms with Crippen molar-refractivity contribution in [3.05, 3.63) is 77.5 Å². The highest BCUT2D eigenvalue weighted by Gasteiger charge is 2.20. The van der Waals surface area contributed by atoms with Crippen molar-refractivity contribution in [2.45, 2.75) is 33.7 Å². The molecule has 1 N–H and O–H groups in total. The van der Waals surface area contributed by atoms with E-state index in [9.17, 15) is 14.4 Å². The van der Waals surface area contributed by atoms with Gasteiger partial charge in [0.05, 0.1) is 24.3 Å². The van der Waals surface area contributed by atoms with Crippen LogP contribution in [0.3, 0.4) is 0 Å². The number of ether oxygens (including phenoxy) is 2. The van der Waals surface area contributed by atoms with Crippen LogP contribution < -0.4 is 5.32 Å². The number of esters is 2. The molecular formula is C26H28N2O5. The van der Waals surface area contributed by atoms with Gasteiger partial charge in [-0.05, 0) is 50.6 Å². The van der Waals surface area contributed by atoms with Crippen LogP contribution in [0.4, 0.5) is 5.69 Å². The lowest BCUT2D eigenvalue weighted by atomic mass is 10.1. The van der Waals surface area contributed by atoms with Crippen molar-refractivity contribution < 1.29 is 23.9 Å². The maximum absolute atomic E-state index is 12.7. The SMILES string of the molecule is CCOC(=O)c1cccc(NC(=O)CCn2c(-c3ccccc3)cc(C(=O)OCC)c2C)c1. The topological polar surface area (TPSA) is 86.6 Å². The Hall–Kier alpha value is -3.87. The molecule has 0 aliphatic rings. The Balaban J connectivity index is 1.78. The summed E-state index contributed by atoms with van der Waals surface area (Å²) in [5.41, 5.74) is 3.90. The highest BCUT2D eigenvalue weighted by molar-refractivity contribution is 5.95. The van der Waals surface area contributed by atoms with Gasteiger partial charge in [-0.1, -0.05) is 36.4 Å². The van der Waals surface area contributed by atoms with E-state index in [-0.39, 0.29) is 31.5 Å². The third-order valence-electron chi connectivity index (χ3n) is 5.15. The Morgan fingerprint density at radius 3 is 2.27 bits per heavy atom. The number of amides is 1. The number of aromatic nitrogens is 1. The first-order valence-electron chi connectivity index (χ1n) is 10.9. The summed E-state index contributed by atoms with van der Waals surface area (Å²) in [6, 6.07) is 18.1. The minimum Gasteiger partial charge on any atom is -0.462 e. The molecule has 1 amide bonds. The van der Waals surface area contributed by atoms with E-state index in [4.69, 9.17) is 9.47 Å². The van der Waals surface area contributed by atoms with Gasteiger partial charge in [0.15, 0.2) is 0 Å². The van der Waals surface area contributed by atoms with E-state index in [1.54, 1.807) is 38.1 Å². The van der Waals surface area contributed by atoms with Gasteiger partial charge in [0.25, 0.3) is 0 Å². The monoisotopic (exact) mass is 448 g/mol. The maximum atomic E-state index is 12.7. The predicted octanol–water partition coefficient (Wildman–Crippen LogP) is 4.85. The Morgan fingerprint density at radius 2 is 1.58 bits per heavy atom. The third-order valence-corrected chi connectivity index (χ3v) is 5.15. The normalized spacial score (nSPS) is 10.5. The molecule has 1 aromatic heterocycles. The van der Waals surface area contributed by atoms with E-state index in [1.807, 2.05) is 47.9 Å². The number of hydrogen-bond acceptors (Lipinski definition) is 5. The summed E-state index contributed by atoms with van der Waals surface area (Å²) in [6.45, 7) is 6.30. The average molecular weight is 449 g/mol. The average Bonchev–Trinajstić information content (AvgIpc) is 3.15. The molecule has 7 nitrogen and oxygen atoms in total. The zero-order valence-electron chi connectivity index (χ0n) is 19.1. The molecule has 2 aromatic carbocycles. The number of anilines is 1. The molecular weight excluding hydrogens is 420 g/mol. The largest absolute Gasteiger partial charge is 0.462 e. The van der Waals surface area contributed by atoms with Crippen molar-refractivity contribution in [2.75, 3.05) is 18.5 Å². The zero-order chi connectivity index (χ0) is 23.8. The van der Waals surface area contributed by atoms with Crippen molar-refractivity contribution in [2.24, 2.45) is 0 Å². The molecule has 0 spiro atoms. The number of carbonyl (C=O) groups excluding carboxylic acids is 3. The molecule has 0 bridgehead atoms. The van der Waals surface area contributed by atoms with E-state index in [0.29, 0.717) is 23.4 Å². The van der Waals surface area contributed by atoms with Crippen LogP contribution in [0.5, 0.6) is 0 Å². The smallest absolute Gasteiger partial charge is 0.339 e. The summed E-state index contributed by atoms with van der Waals surface area (Å²) in [4.78, 5) is 37.0. The van der Waals surface area contributed by atoms with Gasteiger partial charge in [-0.15, -0.1) is 0 Å². The Kier molecular flexibility index (Phi) is 8.02. The fraction of sp³-hybridized carbons (Fsp3) is 0.269. The minimum absolute atomic E-state index is 0.182. The van der Waals surface area contributed by atoms with Crippen LogP contribution in [-0.2, 0) is 20.8 Å². The molecule has 0 unspecified atom stereocenters. The Bertz CT molecular complexity index is 1130. The van der Waals surface area contributed by atoms with Gasteiger partial charge in [0.2, 0.25) is 5.91 Å². The van der Waals surface area contributed by atoms with Gasteiger partial charge in [-0.2, -0.15) is 0 Å². The molecule has 7 heteroatoms. The predicted molar refractivity (Wildman–Crippen MR) is 126 cm³/mol. The van der Waals surface area contributed by atoms with Gasteiger partial charge >= 0.3 is 11.9 Å². The lowest BCUT2D eigenvalue weighted by Gasteiger charge is -2.13. The number of nitrogens with zero attached hydrogens (tertiary/aromatic N) is 1. The van der Waals surface area contributed by atoms with Crippen molar-refractivity contribution >= 4 is 23.5 Å². The van der Waals surface area contributed by atoms with Crippen molar-refractivity contribution in [3.8, 4) is 11.3 Å². The van der Waals surface area contributed by atoms with E-state index in [0.717, 1.165) is 17.0 Å². The molecule has 0 fully saturated rings. The molecule has 0 radical (unpaired) electrons. The lowest BCUT2D eigenvalue weighted by molar-refractivity contribution is -0.116. The zero-order valence-corrected chi connectivity index (χ0v) is 19.1. The van der Waals surface area contributed by atoms with Crippen molar-refractivity contribution in [3.63, 3.8) is 0 Å². The number of hydrogen-bond donors (Lipinski definition) is 1. The number of carbonyl (C=O) groups is 3. The molecule has 0 atom stereocenters. The van der Waals surface area contributed by atoms with Crippen LogP contribution in [-0.4, -0.2) is 35.6 Å². The Morgan fingerprint density at radius 1 is 0.879 bits per heavy atom. The third kappa shape index (κ3) is 5.88. The number of benzene rings is 2. The van der Waals surface area contributed by atoms with E-state index in [1.165, 1.54) is 0 Å². The molecule has 0 saturated carbocycles. The second kappa shape index (κ2) is 11.1. The summed E-state index contributed by atoms with van der Waals surface area (Å²) in [7, 11) is 0. The van der Waals surface area contributed by atoms with E-state index >= 15 is 0 Å². The van der Waals surface area contributed by atoms with Gasteiger partial charge in [-0.25, -0.2) is 9.59 Å². The first-order chi connectivity index (χ1) is 15.9. The molecule has 0 aliphatic heterocycles.